The molecular weight excluding hydrogens is 243 g/mol. The van der Waals surface area contributed by atoms with Crippen molar-refractivity contribution in [1.82, 2.24) is 5.43 Å². The third-order valence-electron chi connectivity index (χ3n) is 4.45. The maximum atomic E-state index is 13.5. The van der Waals surface area contributed by atoms with Gasteiger partial charge in [-0.15, -0.1) is 0 Å². The maximum absolute atomic E-state index is 13.5. The number of rotatable bonds is 4. The van der Waals surface area contributed by atoms with Gasteiger partial charge in [0.25, 0.3) is 0 Å². The van der Waals surface area contributed by atoms with Crippen LogP contribution < -0.4 is 16.0 Å². The van der Waals surface area contributed by atoms with Crippen LogP contribution in [0.5, 0.6) is 5.75 Å². The lowest BCUT2D eigenvalue weighted by atomic mass is 9.75. The summed E-state index contributed by atoms with van der Waals surface area (Å²) in [4.78, 5) is 0. The fourth-order valence-corrected chi connectivity index (χ4v) is 3.34. The van der Waals surface area contributed by atoms with Gasteiger partial charge in [-0.05, 0) is 42.4 Å². The van der Waals surface area contributed by atoms with Gasteiger partial charge < -0.3 is 4.74 Å². The van der Waals surface area contributed by atoms with E-state index in [0.717, 1.165) is 12.0 Å². The van der Waals surface area contributed by atoms with E-state index in [1.165, 1.54) is 25.0 Å². The van der Waals surface area contributed by atoms with E-state index in [2.05, 4.69) is 19.3 Å². The highest BCUT2D eigenvalue weighted by molar-refractivity contribution is 5.37. The minimum atomic E-state index is -0.258. The molecule has 2 rings (SSSR count). The first kappa shape index (κ1) is 14.3. The van der Waals surface area contributed by atoms with Gasteiger partial charge in [0.1, 0.15) is 11.6 Å². The molecule has 19 heavy (non-hydrogen) atoms. The first-order valence-corrected chi connectivity index (χ1v) is 6.79. The van der Waals surface area contributed by atoms with Crippen molar-refractivity contribution in [3.05, 3.63) is 29.6 Å². The first-order chi connectivity index (χ1) is 8.99. The van der Waals surface area contributed by atoms with Gasteiger partial charge in [0.15, 0.2) is 0 Å². The van der Waals surface area contributed by atoms with E-state index < -0.39 is 0 Å². The lowest BCUT2D eigenvalue weighted by Crippen LogP contribution is -2.38. The Bertz CT molecular complexity index is 448. The van der Waals surface area contributed by atoms with Crippen LogP contribution in [-0.2, 0) is 0 Å². The predicted molar refractivity (Wildman–Crippen MR) is 74.1 cm³/mol. The van der Waals surface area contributed by atoms with Crippen LogP contribution in [0.2, 0.25) is 0 Å². The molecule has 0 aromatic heterocycles. The Morgan fingerprint density at radius 3 is 2.74 bits per heavy atom. The Morgan fingerprint density at radius 2 is 2.21 bits per heavy atom. The number of halogens is 1. The molecule has 1 aromatic carbocycles. The average Bonchev–Trinajstić information content (AvgIpc) is 2.71. The highest BCUT2D eigenvalue weighted by Gasteiger charge is 2.40. The Labute approximate surface area is 114 Å². The molecule has 106 valence electrons. The minimum absolute atomic E-state index is 0.0804. The minimum Gasteiger partial charge on any atom is -0.496 e. The molecule has 4 heteroatoms. The number of nitrogens with one attached hydrogen (secondary N) is 1. The zero-order valence-corrected chi connectivity index (χ0v) is 11.9. The van der Waals surface area contributed by atoms with E-state index in [1.807, 2.05) is 0 Å². The summed E-state index contributed by atoms with van der Waals surface area (Å²) in [6.07, 6.45) is 3.46. The van der Waals surface area contributed by atoms with Crippen molar-refractivity contribution in [2.75, 3.05) is 7.11 Å². The molecule has 3 N–H and O–H groups in total. The highest BCUT2D eigenvalue weighted by Crippen LogP contribution is 2.49. The Balaban J connectivity index is 2.39. The normalized spacial score (nSPS) is 23.3. The number of nitrogens with two attached hydrogens (primary N) is 1. The Hall–Kier alpha value is -1.13. The van der Waals surface area contributed by atoms with Crippen molar-refractivity contribution in [3.8, 4) is 5.75 Å². The van der Waals surface area contributed by atoms with Gasteiger partial charge in [0, 0.05) is 5.56 Å². The standard InChI is InChI=1S/C15H23FN2O/c1-15(2)8-4-5-12(15)14(18-17)11-9-10(16)6-7-13(11)19-3/h6-7,9,12,14,18H,4-5,8,17H2,1-3H3. The van der Waals surface area contributed by atoms with Crippen LogP contribution in [-0.4, -0.2) is 7.11 Å². The van der Waals surface area contributed by atoms with E-state index in [4.69, 9.17) is 10.6 Å². The van der Waals surface area contributed by atoms with Gasteiger partial charge in [-0.1, -0.05) is 20.3 Å². The summed E-state index contributed by atoms with van der Waals surface area (Å²) in [6, 6.07) is 4.52. The maximum Gasteiger partial charge on any atom is 0.123 e. The SMILES string of the molecule is COc1ccc(F)cc1C(NN)C1CCCC1(C)C. The van der Waals surface area contributed by atoms with Crippen LogP contribution in [0.4, 0.5) is 4.39 Å². The second-order valence-electron chi connectivity index (χ2n) is 6.02. The third-order valence-corrected chi connectivity index (χ3v) is 4.45. The van der Waals surface area contributed by atoms with Crippen LogP contribution in [0, 0.1) is 17.2 Å². The van der Waals surface area contributed by atoms with Crippen LogP contribution in [0.25, 0.3) is 0 Å². The second kappa shape index (κ2) is 5.47. The van der Waals surface area contributed by atoms with Crippen molar-refractivity contribution in [2.24, 2.45) is 17.2 Å². The van der Waals surface area contributed by atoms with Gasteiger partial charge in [-0.3, -0.25) is 11.3 Å². The van der Waals surface area contributed by atoms with Crippen molar-refractivity contribution in [3.63, 3.8) is 0 Å². The molecule has 0 amide bonds. The lowest BCUT2D eigenvalue weighted by molar-refractivity contribution is 0.195. The summed E-state index contributed by atoms with van der Waals surface area (Å²) in [5, 5.41) is 0. The Morgan fingerprint density at radius 1 is 1.47 bits per heavy atom. The van der Waals surface area contributed by atoms with Crippen LogP contribution >= 0.6 is 0 Å². The van der Waals surface area contributed by atoms with Crippen molar-refractivity contribution < 1.29 is 9.13 Å². The van der Waals surface area contributed by atoms with Gasteiger partial charge >= 0.3 is 0 Å². The molecule has 0 bridgehead atoms. The number of ether oxygens (including phenoxy) is 1. The summed E-state index contributed by atoms with van der Waals surface area (Å²) < 4.78 is 18.9. The topological polar surface area (TPSA) is 47.3 Å². The van der Waals surface area contributed by atoms with Gasteiger partial charge in [-0.2, -0.15) is 0 Å². The molecule has 1 aliphatic rings. The molecule has 1 saturated carbocycles. The number of hydrogen-bond donors (Lipinski definition) is 2. The molecule has 0 spiro atoms. The molecule has 0 aliphatic heterocycles. The van der Waals surface area contributed by atoms with Gasteiger partial charge in [-0.25, -0.2) is 4.39 Å². The summed E-state index contributed by atoms with van der Waals surface area (Å²) in [7, 11) is 1.60. The van der Waals surface area contributed by atoms with Crippen molar-refractivity contribution in [2.45, 2.75) is 39.2 Å². The third kappa shape index (κ3) is 2.74. The predicted octanol–water partition coefficient (Wildman–Crippen LogP) is 3.17. The fourth-order valence-electron chi connectivity index (χ4n) is 3.34. The van der Waals surface area contributed by atoms with E-state index in [-0.39, 0.29) is 17.3 Å². The van der Waals surface area contributed by atoms with E-state index in [1.54, 1.807) is 13.2 Å². The lowest BCUT2D eigenvalue weighted by Gasteiger charge is -2.34. The number of methoxy groups -OCH3 is 1. The monoisotopic (exact) mass is 266 g/mol. The van der Waals surface area contributed by atoms with E-state index in [9.17, 15) is 4.39 Å². The molecule has 3 nitrogen and oxygen atoms in total. The quantitative estimate of drug-likeness (QED) is 0.650. The smallest absolute Gasteiger partial charge is 0.123 e. The zero-order chi connectivity index (χ0) is 14.0. The molecule has 1 fully saturated rings. The first-order valence-electron chi connectivity index (χ1n) is 6.79. The summed E-state index contributed by atoms with van der Waals surface area (Å²) >= 11 is 0. The van der Waals surface area contributed by atoms with Crippen LogP contribution in [0.1, 0.15) is 44.7 Å². The van der Waals surface area contributed by atoms with Gasteiger partial charge in [0.05, 0.1) is 13.2 Å². The largest absolute Gasteiger partial charge is 0.496 e. The van der Waals surface area contributed by atoms with Crippen LogP contribution in [0.3, 0.4) is 0 Å². The van der Waals surface area contributed by atoms with Crippen LogP contribution in [0.15, 0.2) is 18.2 Å². The molecule has 2 unspecified atom stereocenters. The molecule has 0 heterocycles. The number of hydrogen-bond acceptors (Lipinski definition) is 3. The molecule has 1 aliphatic carbocycles. The Kier molecular flexibility index (Phi) is 4.11. The molecular formula is C15H23FN2O. The molecule has 1 aromatic rings. The van der Waals surface area contributed by atoms with E-state index >= 15 is 0 Å². The number of benzene rings is 1. The molecule has 0 radical (unpaired) electrons. The molecule has 0 saturated heterocycles. The highest BCUT2D eigenvalue weighted by atomic mass is 19.1. The van der Waals surface area contributed by atoms with E-state index in [0.29, 0.717) is 11.7 Å². The van der Waals surface area contributed by atoms with Crippen molar-refractivity contribution >= 4 is 0 Å². The summed E-state index contributed by atoms with van der Waals surface area (Å²) in [6.45, 7) is 4.50. The average molecular weight is 266 g/mol. The second-order valence-corrected chi connectivity index (χ2v) is 6.02. The number of hydrazine groups is 1. The molecule has 2 atom stereocenters. The fraction of sp³-hybridized carbons (Fsp3) is 0.600. The van der Waals surface area contributed by atoms with Gasteiger partial charge in [0.2, 0.25) is 0 Å². The van der Waals surface area contributed by atoms with Crippen molar-refractivity contribution in [1.29, 1.82) is 0 Å². The zero-order valence-electron chi connectivity index (χ0n) is 11.9. The summed E-state index contributed by atoms with van der Waals surface area (Å²) in [5.41, 5.74) is 3.88. The summed E-state index contributed by atoms with van der Waals surface area (Å²) in [5.74, 6) is 6.56.